The van der Waals surface area contributed by atoms with E-state index in [9.17, 15) is 9.59 Å². The summed E-state index contributed by atoms with van der Waals surface area (Å²) in [5.41, 5.74) is 0.679. The summed E-state index contributed by atoms with van der Waals surface area (Å²) in [5, 5.41) is 2.90. The molecule has 6 heteroatoms. The van der Waals surface area contributed by atoms with Crippen LogP contribution in [0.15, 0.2) is 18.2 Å². The Hall–Kier alpha value is -1.95. The quantitative estimate of drug-likeness (QED) is 0.891. The molecule has 0 aromatic carbocycles. The van der Waals surface area contributed by atoms with Gasteiger partial charge >= 0.3 is 0 Å². The maximum absolute atomic E-state index is 12.5. The second-order valence-corrected chi connectivity index (χ2v) is 5.88. The summed E-state index contributed by atoms with van der Waals surface area (Å²) >= 11 is 0. The third-order valence-electron chi connectivity index (χ3n) is 4.22. The Balaban J connectivity index is 1.66. The average Bonchev–Trinajstić information content (AvgIpc) is 3.38. The smallest absolute Gasteiger partial charge is 0.272 e. The van der Waals surface area contributed by atoms with Gasteiger partial charge in [-0.15, -0.1) is 0 Å². The van der Waals surface area contributed by atoms with E-state index in [1.165, 1.54) is 0 Å². The highest BCUT2D eigenvalue weighted by Gasteiger charge is 2.26. The van der Waals surface area contributed by atoms with Crippen LogP contribution in [-0.4, -0.2) is 65.4 Å². The van der Waals surface area contributed by atoms with Crippen LogP contribution < -0.4 is 5.32 Å². The lowest BCUT2D eigenvalue weighted by atomic mass is 10.2. The van der Waals surface area contributed by atoms with Gasteiger partial charge in [0.25, 0.3) is 11.8 Å². The Kier molecular flexibility index (Phi) is 4.38. The molecule has 0 atom stereocenters. The van der Waals surface area contributed by atoms with Gasteiger partial charge in [-0.25, -0.2) is 4.98 Å². The average molecular weight is 302 g/mol. The van der Waals surface area contributed by atoms with Crippen LogP contribution in [0, 0.1) is 0 Å². The van der Waals surface area contributed by atoms with Crippen molar-refractivity contribution in [1.82, 2.24) is 20.1 Å². The summed E-state index contributed by atoms with van der Waals surface area (Å²) < 4.78 is 0. The first-order valence-electron chi connectivity index (χ1n) is 7.97. The van der Waals surface area contributed by atoms with E-state index < -0.39 is 0 Å². The van der Waals surface area contributed by atoms with Crippen LogP contribution in [0.5, 0.6) is 0 Å². The predicted molar refractivity (Wildman–Crippen MR) is 82.7 cm³/mol. The Morgan fingerprint density at radius 3 is 2.50 bits per heavy atom. The molecule has 1 saturated carbocycles. The number of carbonyl (C=O) groups is 2. The van der Waals surface area contributed by atoms with Crippen molar-refractivity contribution in [3.05, 3.63) is 29.6 Å². The Morgan fingerprint density at radius 1 is 1.18 bits per heavy atom. The molecule has 1 saturated heterocycles. The lowest BCUT2D eigenvalue weighted by Crippen LogP contribution is -2.48. The summed E-state index contributed by atoms with van der Waals surface area (Å²) in [6.45, 7) is 6.35. The second-order valence-electron chi connectivity index (χ2n) is 5.88. The molecule has 1 N–H and O–H groups in total. The van der Waals surface area contributed by atoms with Gasteiger partial charge in [0, 0.05) is 32.2 Å². The van der Waals surface area contributed by atoms with Crippen molar-refractivity contribution < 1.29 is 9.59 Å². The van der Waals surface area contributed by atoms with Gasteiger partial charge in [0.2, 0.25) is 0 Å². The maximum Gasteiger partial charge on any atom is 0.272 e. The number of nitrogens with zero attached hydrogens (tertiary/aromatic N) is 3. The monoisotopic (exact) mass is 302 g/mol. The number of nitrogens with one attached hydrogen (secondary N) is 1. The minimum absolute atomic E-state index is 0.0863. The molecule has 3 rings (SSSR count). The Labute approximate surface area is 130 Å². The number of likely N-dealkylation sites (N-methyl/N-ethyl adjacent to an activating group) is 1. The number of rotatable bonds is 4. The largest absolute Gasteiger partial charge is 0.348 e. The van der Waals surface area contributed by atoms with E-state index >= 15 is 0 Å². The number of carbonyl (C=O) groups excluding carboxylic acids is 2. The minimum atomic E-state index is -0.187. The van der Waals surface area contributed by atoms with Crippen molar-refractivity contribution in [1.29, 1.82) is 0 Å². The van der Waals surface area contributed by atoms with E-state index in [0.717, 1.165) is 32.5 Å². The lowest BCUT2D eigenvalue weighted by Gasteiger charge is -2.33. The third-order valence-corrected chi connectivity index (χ3v) is 4.22. The van der Waals surface area contributed by atoms with Crippen LogP contribution >= 0.6 is 0 Å². The molecule has 1 aromatic heterocycles. The van der Waals surface area contributed by atoms with Crippen molar-refractivity contribution in [2.75, 3.05) is 32.7 Å². The molecular weight excluding hydrogens is 280 g/mol. The zero-order chi connectivity index (χ0) is 15.5. The summed E-state index contributed by atoms with van der Waals surface area (Å²) in [7, 11) is 0. The fourth-order valence-corrected chi connectivity index (χ4v) is 2.60. The molecular formula is C16H22N4O2. The van der Waals surface area contributed by atoms with E-state index in [1.54, 1.807) is 18.2 Å². The number of hydrogen-bond acceptors (Lipinski definition) is 4. The van der Waals surface area contributed by atoms with Gasteiger partial charge in [-0.05, 0) is 31.5 Å². The van der Waals surface area contributed by atoms with Crippen molar-refractivity contribution in [3.8, 4) is 0 Å². The molecule has 0 bridgehead atoms. The fourth-order valence-electron chi connectivity index (χ4n) is 2.60. The van der Waals surface area contributed by atoms with E-state index in [1.807, 2.05) is 4.90 Å². The summed E-state index contributed by atoms with van der Waals surface area (Å²) in [4.78, 5) is 32.9. The van der Waals surface area contributed by atoms with Crippen LogP contribution in [0.2, 0.25) is 0 Å². The Morgan fingerprint density at radius 2 is 1.86 bits per heavy atom. The molecule has 0 unspecified atom stereocenters. The number of pyridine rings is 1. The van der Waals surface area contributed by atoms with Crippen LogP contribution in [0.1, 0.15) is 40.7 Å². The van der Waals surface area contributed by atoms with Crippen molar-refractivity contribution in [2.24, 2.45) is 0 Å². The van der Waals surface area contributed by atoms with Crippen molar-refractivity contribution in [2.45, 2.75) is 25.8 Å². The number of aromatic nitrogens is 1. The van der Waals surface area contributed by atoms with Crippen LogP contribution in [0.3, 0.4) is 0 Å². The molecule has 0 radical (unpaired) electrons. The molecule has 2 fully saturated rings. The summed E-state index contributed by atoms with van der Waals surface area (Å²) in [5.74, 6) is -0.273. The molecule has 22 heavy (non-hydrogen) atoms. The van der Waals surface area contributed by atoms with Gasteiger partial charge in [-0.3, -0.25) is 9.59 Å². The standard InChI is InChI=1S/C16H22N4O2/c1-2-19-8-10-20(11-9-19)16(22)14-5-3-4-13(18-14)15(21)17-12-6-7-12/h3-5,12H,2,6-11H2,1H3,(H,17,21). The first kappa shape index (κ1) is 15.0. The van der Waals surface area contributed by atoms with Crippen molar-refractivity contribution in [3.63, 3.8) is 0 Å². The third kappa shape index (κ3) is 3.44. The van der Waals surface area contributed by atoms with Gasteiger partial charge in [0.05, 0.1) is 0 Å². The van der Waals surface area contributed by atoms with E-state index in [0.29, 0.717) is 24.5 Å². The highest BCUT2D eigenvalue weighted by Crippen LogP contribution is 2.19. The molecule has 1 aliphatic carbocycles. The lowest BCUT2D eigenvalue weighted by molar-refractivity contribution is 0.0637. The van der Waals surface area contributed by atoms with E-state index in [4.69, 9.17) is 0 Å². The molecule has 2 aliphatic rings. The van der Waals surface area contributed by atoms with Gasteiger partial charge in [0.15, 0.2) is 0 Å². The van der Waals surface area contributed by atoms with Crippen LogP contribution in [0.25, 0.3) is 0 Å². The zero-order valence-electron chi connectivity index (χ0n) is 12.9. The SMILES string of the molecule is CCN1CCN(C(=O)c2cccc(C(=O)NC3CC3)n2)CC1. The second kappa shape index (κ2) is 6.44. The van der Waals surface area contributed by atoms with E-state index in [-0.39, 0.29) is 17.9 Å². The molecule has 2 amide bonds. The number of hydrogen-bond donors (Lipinski definition) is 1. The number of amides is 2. The minimum Gasteiger partial charge on any atom is -0.348 e. The van der Waals surface area contributed by atoms with Gasteiger partial charge in [-0.2, -0.15) is 0 Å². The van der Waals surface area contributed by atoms with Crippen molar-refractivity contribution >= 4 is 11.8 Å². The van der Waals surface area contributed by atoms with Crippen LogP contribution in [-0.2, 0) is 0 Å². The highest BCUT2D eigenvalue weighted by molar-refractivity contribution is 5.96. The van der Waals surface area contributed by atoms with Crippen LogP contribution in [0.4, 0.5) is 0 Å². The number of piperazine rings is 1. The summed E-state index contributed by atoms with van der Waals surface area (Å²) in [6.07, 6.45) is 2.07. The molecule has 6 nitrogen and oxygen atoms in total. The van der Waals surface area contributed by atoms with Gasteiger partial charge in [0.1, 0.15) is 11.4 Å². The zero-order valence-corrected chi connectivity index (χ0v) is 12.9. The summed E-state index contributed by atoms with van der Waals surface area (Å²) in [6, 6.07) is 5.35. The normalized spacial score (nSPS) is 19.0. The maximum atomic E-state index is 12.5. The fraction of sp³-hybridized carbons (Fsp3) is 0.562. The van der Waals surface area contributed by atoms with Gasteiger partial charge < -0.3 is 15.1 Å². The topological polar surface area (TPSA) is 65.5 Å². The first-order chi connectivity index (χ1) is 10.7. The first-order valence-corrected chi connectivity index (χ1v) is 7.97. The molecule has 2 heterocycles. The van der Waals surface area contributed by atoms with E-state index in [2.05, 4.69) is 22.1 Å². The molecule has 118 valence electrons. The molecule has 1 aromatic rings. The predicted octanol–water partition coefficient (Wildman–Crippen LogP) is 0.751. The van der Waals surface area contributed by atoms with Gasteiger partial charge in [-0.1, -0.05) is 13.0 Å². The highest BCUT2D eigenvalue weighted by atomic mass is 16.2. The Bertz CT molecular complexity index is 563. The molecule has 0 spiro atoms. The molecule has 1 aliphatic heterocycles.